The number of piperidine rings is 1. The zero-order chi connectivity index (χ0) is 19.3. The third kappa shape index (κ3) is 3.25. The number of hydrogen-bond acceptors (Lipinski definition) is 4. The van der Waals surface area contributed by atoms with E-state index in [9.17, 15) is 23.1 Å². The van der Waals surface area contributed by atoms with Crippen LogP contribution in [0.2, 0.25) is 0 Å². The summed E-state index contributed by atoms with van der Waals surface area (Å²) in [5.41, 5.74) is 1.67. The van der Waals surface area contributed by atoms with Crippen molar-refractivity contribution in [2.45, 2.75) is 50.0 Å². The third-order valence-electron chi connectivity index (χ3n) is 5.80. The molecule has 0 bridgehead atoms. The summed E-state index contributed by atoms with van der Waals surface area (Å²) in [5, 5.41) is 9.22. The minimum Gasteiger partial charge on any atom is -0.481 e. The minimum atomic E-state index is -3.74. The molecule has 1 aromatic rings. The van der Waals surface area contributed by atoms with E-state index >= 15 is 0 Å². The molecule has 4 rings (SSSR count). The summed E-state index contributed by atoms with van der Waals surface area (Å²) in [4.78, 5) is 25.8. The van der Waals surface area contributed by atoms with E-state index in [0.29, 0.717) is 25.8 Å². The van der Waals surface area contributed by atoms with E-state index in [2.05, 4.69) is 0 Å². The van der Waals surface area contributed by atoms with Crippen molar-refractivity contribution in [1.29, 1.82) is 0 Å². The van der Waals surface area contributed by atoms with Gasteiger partial charge in [-0.3, -0.25) is 9.59 Å². The molecular weight excluding hydrogens is 368 g/mol. The second-order valence-corrected chi connectivity index (χ2v) is 9.80. The maximum absolute atomic E-state index is 13.0. The van der Waals surface area contributed by atoms with Crippen LogP contribution in [0.4, 0.5) is 5.69 Å². The summed E-state index contributed by atoms with van der Waals surface area (Å²) in [6.45, 7) is 2.33. The number of nitrogens with zero attached hydrogens (tertiary/aromatic N) is 2. The number of benzene rings is 1. The lowest BCUT2D eigenvalue weighted by Gasteiger charge is -2.30. The topological polar surface area (TPSA) is 95.0 Å². The van der Waals surface area contributed by atoms with Crippen LogP contribution in [-0.2, 0) is 26.0 Å². The summed E-state index contributed by atoms with van der Waals surface area (Å²) >= 11 is 0. The zero-order valence-electron chi connectivity index (χ0n) is 15.3. The second-order valence-electron chi connectivity index (χ2n) is 7.87. The van der Waals surface area contributed by atoms with Crippen molar-refractivity contribution in [3.05, 3.63) is 23.8 Å². The van der Waals surface area contributed by atoms with Crippen molar-refractivity contribution < 1.29 is 23.1 Å². The first-order valence-corrected chi connectivity index (χ1v) is 10.9. The van der Waals surface area contributed by atoms with E-state index in [0.717, 1.165) is 24.1 Å². The van der Waals surface area contributed by atoms with Crippen LogP contribution in [0.25, 0.3) is 0 Å². The number of carbonyl (C=O) groups excluding carboxylic acids is 1. The molecule has 27 heavy (non-hydrogen) atoms. The lowest BCUT2D eigenvalue weighted by atomic mass is 10.0. The van der Waals surface area contributed by atoms with Crippen LogP contribution in [0.5, 0.6) is 0 Å². The number of rotatable bonds is 4. The van der Waals surface area contributed by atoms with Gasteiger partial charge in [-0.15, -0.1) is 0 Å². The fourth-order valence-corrected chi connectivity index (χ4v) is 5.72. The Labute approximate surface area is 159 Å². The first kappa shape index (κ1) is 18.4. The smallest absolute Gasteiger partial charge is 0.307 e. The highest BCUT2D eigenvalue weighted by Crippen LogP contribution is 2.40. The Bertz CT molecular complexity index is 893. The highest BCUT2D eigenvalue weighted by atomic mass is 32.2. The molecule has 0 radical (unpaired) electrons. The molecule has 146 valence electrons. The van der Waals surface area contributed by atoms with E-state index in [4.69, 9.17) is 0 Å². The molecule has 1 aliphatic carbocycles. The van der Waals surface area contributed by atoms with Gasteiger partial charge in [0.2, 0.25) is 15.9 Å². The largest absolute Gasteiger partial charge is 0.481 e. The molecule has 0 unspecified atom stereocenters. The number of carboxylic acids is 1. The molecule has 8 heteroatoms. The molecule has 2 fully saturated rings. The lowest BCUT2D eigenvalue weighted by molar-refractivity contribution is -0.142. The normalized spacial score (nSPS) is 26.0. The molecule has 0 spiro atoms. The van der Waals surface area contributed by atoms with Crippen LogP contribution in [0.3, 0.4) is 0 Å². The molecule has 1 amide bonds. The van der Waals surface area contributed by atoms with Crippen LogP contribution in [0, 0.1) is 11.8 Å². The number of fused-ring (bicyclic) bond motifs is 1. The number of carboxylic acid groups (broad SMARTS) is 1. The van der Waals surface area contributed by atoms with Gasteiger partial charge in [0, 0.05) is 30.7 Å². The molecular formula is C19H24N2O5S. The van der Waals surface area contributed by atoms with Crippen LogP contribution in [-0.4, -0.2) is 48.8 Å². The van der Waals surface area contributed by atoms with Gasteiger partial charge in [0.1, 0.15) is 0 Å². The first-order chi connectivity index (χ1) is 12.8. The zero-order valence-corrected chi connectivity index (χ0v) is 16.1. The van der Waals surface area contributed by atoms with Crippen molar-refractivity contribution in [1.82, 2.24) is 4.31 Å². The Hall–Kier alpha value is -1.93. The second kappa shape index (κ2) is 6.60. The van der Waals surface area contributed by atoms with Crippen molar-refractivity contribution in [3.8, 4) is 0 Å². The molecule has 1 saturated carbocycles. The molecule has 1 aromatic carbocycles. The van der Waals surface area contributed by atoms with Crippen molar-refractivity contribution in [3.63, 3.8) is 0 Å². The Morgan fingerprint density at radius 3 is 2.56 bits per heavy atom. The van der Waals surface area contributed by atoms with E-state index in [1.807, 2.05) is 11.8 Å². The van der Waals surface area contributed by atoms with Gasteiger partial charge in [-0.25, -0.2) is 8.42 Å². The van der Waals surface area contributed by atoms with Gasteiger partial charge in [-0.05, 0) is 62.8 Å². The number of aliphatic carboxylic acids is 1. The summed E-state index contributed by atoms with van der Waals surface area (Å²) < 4.78 is 27.3. The fraction of sp³-hybridized carbons (Fsp3) is 0.579. The molecule has 7 nitrogen and oxygen atoms in total. The monoisotopic (exact) mass is 392 g/mol. The SMILES string of the molecule is C[C@@H]1Cc2cc(S(=O)(=O)N3CCC[C@@H](C(=O)O)C3)ccc2N1C(=O)C1CC1. The Morgan fingerprint density at radius 2 is 1.89 bits per heavy atom. The highest BCUT2D eigenvalue weighted by molar-refractivity contribution is 7.89. The number of hydrogen-bond donors (Lipinski definition) is 1. The van der Waals surface area contributed by atoms with E-state index in [1.54, 1.807) is 18.2 Å². The van der Waals surface area contributed by atoms with Gasteiger partial charge < -0.3 is 10.0 Å². The highest BCUT2D eigenvalue weighted by Gasteiger charge is 2.40. The van der Waals surface area contributed by atoms with Gasteiger partial charge in [-0.1, -0.05) is 0 Å². The van der Waals surface area contributed by atoms with Gasteiger partial charge in [0.25, 0.3) is 0 Å². The number of amides is 1. The fourth-order valence-electron chi connectivity index (χ4n) is 4.14. The number of anilines is 1. The molecule has 1 saturated heterocycles. The molecule has 2 heterocycles. The Morgan fingerprint density at radius 1 is 1.15 bits per heavy atom. The predicted octanol–water partition coefficient (Wildman–Crippen LogP) is 1.86. The van der Waals surface area contributed by atoms with Crippen LogP contribution < -0.4 is 4.90 Å². The lowest BCUT2D eigenvalue weighted by Crippen LogP contribution is -2.42. The number of carbonyl (C=O) groups is 2. The molecule has 3 aliphatic rings. The maximum Gasteiger partial charge on any atom is 0.307 e. The van der Waals surface area contributed by atoms with Crippen LogP contribution >= 0.6 is 0 Å². The average Bonchev–Trinajstić information content (AvgIpc) is 3.43. The van der Waals surface area contributed by atoms with Crippen LogP contribution in [0.1, 0.15) is 38.2 Å². The van der Waals surface area contributed by atoms with Crippen molar-refractivity contribution in [2.75, 3.05) is 18.0 Å². The van der Waals surface area contributed by atoms with Crippen LogP contribution in [0.15, 0.2) is 23.1 Å². The van der Waals surface area contributed by atoms with Gasteiger partial charge in [0.05, 0.1) is 10.8 Å². The first-order valence-electron chi connectivity index (χ1n) is 9.48. The standard InChI is InChI=1S/C19H24N2O5S/c1-12-9-15-10-16(6-7-17(15)21(12)18(22)13-4-5-13)27(25,26)20-8-2-3-14(11-20)19(23)24/h6-7,10,12-14H,2-5,8-9,11H2,1H3,(H,23,24)/t12-,14-/m1/s1. The minimum absolute atomic E-state index is 0.0114. The molecule has 1 N–H and O–H groups in total. The Kier molecular flexibility index (Phi) is 4.50. The van der Waals surface area contributed by atoms with E-state index in [-0.39, 0.29) is 29.3 Å². The summed E-state index contributed by atoms with van der Waals surface area (Å²) in [5.74, 6) is -1.36. The third-order valence-corrected chi connectivity index (χ3v) is 7.66. The quantitative estimate of drug-likeness (QED) is 0.844. The van der Waals surface area contributed by atoms with Gasteiger partial charge in [-0.2, -0.15) is 4.31 Å². The van der Waals surface area contributed by atoms with E-state index in [1.165, 1.54) is 4.31 Å². The average molecular weight is 392 g/mol. The van der Waals surface area contributed by atoms with Gasteiger partial charge in [0.15, 0.2) is 0 Å². The van der Waals surface area contributed by atoms with Crippen molar-refractivity contribution >= 4 is 27.6 Å². The number of sulfonamides is 1. The summed E-state index contributed by atoms with van der Waals surface area (Å²) in [7, 11) is -3.74. The van der Waals surface area contributed by atoms with Crippen molar-refractivity contribution in [2.24, 2.45) is 11.8 Å². The van der Waals surface area contributed by atoms with Gasteiger partial charge >= 0.3 is 5.97 Å². The molecule has 2 aliphatic heterocycles. The summed E-state index contributed by atoms with van der Waals surface area (Å²) in [6.07, 6.45) is 3.55. The summed E-state index contributed by atoms with van der Waals surface area (Å²) in [6, 6.07) is 4.96. The maximum atomic E-state index is 13.0. The molecule has 0 aromatic heterocycles. The van der Waals surface area contributed by atoms with E-state index < -0.39 is 21.9 Å². The molecule has 2 atom stereocenters. The predicted molar refractivity (Wildman–Crippen MR) is 98.9 cm³/mol. The Balaban J connectivity index is 1.61.